The second-order valence-electron chi connectivity index (χ2n) is 32.7. The Balaban J connectivity index is 0.000000232. The van der Waals surface area contributed by atoms with Crippen molar-refractivity contribution in [1.29, 1.82) is 15.8 Å². The number of allylic oxidation sites excluding steroid dienone is 3. The number of carbonyl (C=O) groups excluding carboxylic acids is 9. The Kier molecular flexibility index (Phi) is 40.2. The molecule has 12 atom stereocenters. The molecule has 31 nitrogen and oxygen atoms in total. The molecule has 0 radical (unpaired) electrons. The van der Waals surface area contributed by atoms with Crippen LogP contribution in [-0.4, -0.2) is 238 Å². The molecule has 5 aliphatic heterocycles. The van der Waals surface area contributed by atoms with Crippen molar-refractivity contribution in [2.75, 3.05) is 107 Å². The quantitative estimate of drug-likeness (QED) is 0.0213. The predicted molar refractivity (Wildman–Crippen MR) is 449 cm³/mol. The zero-order valence-electron chi connectivity index (χ0n) is 71.7. The maximum atomic E-state index is 13.8. The van der Waals surface area contributed by atoms with Crippen LogP contribution in [0.1, 0.15) is 160 Å². The summed E-state index contributed by atoms with van der Waals surface area (Å²) < 4.78 is 42.0. The van der Waals surface area contributed by atoms with Gasteiger partial charge in [-0.1, -0.05) is 85.2 Å². The number of morpholine rings is 2. The van der Waals surface area contributed by atoms with Crippen LogP contribution in [0.25, 0.3) is 0 Å². The summed E-state index contributed by atoms with van der Waals surface area (Å²) in [6, 6.07) is 24.0. The molecular weight excluding hydrogens is 1570 g/mol. The number of rotatable bonds is 42. The second-order valence-corrected chi connectivity index (χ2v) is 32.7. The average molecular weight is 1690 g/mol. The van der Waals surface area contributed by atoms with Gasteiger partial charge < -0.3 is 75.1 Å². The lowest BCUT2D eigenvalue weighted by Gasteiger charge is -2.27. The minimum atomic E-state index is -1.05. The highest BCUT2D eigenvalue weighted by atomic mass is 16.6. The molecule has 0 unspecified atom stereocenters. The van der Waals surface area contributed by atoms with Gasteiger partial charge in [0.1, 0.15) is 45.9 Å². The van der Waals surface area contributed by atoms with Crippen molar-refractivity contribution in [2.45, 2.75) is 210 Å². The van der Waals surface area contributed by atoms with Crippen LogP contribution in [0.3, 0.4) is 0 Å². The lowest BCUT2D eigenvalue weighted by molar-refractivity contribution is -0.141. The van der Waals surface area contributed by atoms with Gasteiger partial charge in [0.05, 0.1) is 135 Å². The molecule has 122 heavy (non-hydrogen) atoms. The maximum absolute atomic E-state index is 13.8. The molecular formula is C91H122N10O21. The van der Waals surface area contributed by atoms with Gasteiger partial charge in [-0.05, 0) is 170 Å². The summed E-state index contributed by atoms with van der Waals surface area (Å²) in [5.41, 5.74) is 9.73. The first-order chi connectivity index (χ1) is 58.3. The van der Waals surface area contributed by atoms with E-state index < -0.39 is 94.3 Å². The van der Waals surface area contributed by atoms with Gasteiger partial charge >= 0.3 is 11.9 Å². The van der Waals surface area contributed by atoms with Gasteiger partial charge in [0.15, 0.2) is 23.1 Å². The fraction of sp³-hybridized carbons (Fsp3) is 0.582. The number of nitrogens with zero attached hydrogens (tertiary/aromatic N) is 5. The van der Waals surface area contributed by atoms with E-state index in [1.807, 2.05) is 82.6 Å². The molecule has 4 amide bonds. The molecule has 11 rings (SSSR count). The molecule has 8 aliphatic rings. The number of nitriles is 3. The highest BCUT2D eigenvalue weighted by molar-refractivity contribution is 6.00. The summed E-state index contributed by atoms with van der Waals surface area (Å²) in [6.45, 7) is 14.8. The van der Waals surface area contributed by atoms with Crippen molar-refractivity contribution >= 4 is 64.5 Å². The normalized spacial score (nSPS) is 21.4. The first-order valence-corrected chi connectivity index (χ1v) is 42.0. The number of hydrogen-bond donors (Lipinski definition) is 7. The standard InChI is InChI=1S/C32H42N4O7.C27H34N2O5.C21H28N2O4.C6H11NO3.C5H7NO2/c1-32(21-43-32)30(39)27(18-22-5-3-4-6-22)35-31(40)24(17-23-7-9-25(41-2)10-8-23)19-28(37)26(11-12-33)34-29(38)20-36-13-15-42-16-14-36;1-18(12-13-28)24(30)16-21(14-20-8-10-22(33-3)11-9-20)26(32)29-23(15-19-6-4-5-7-19)25(31)27(2)17-34-27;1-21(13-27-21)19(24)18(12-14-5-3-4-6-14)23-20(25)17(22)11-15-7-9-16(26-2)10-8-15;8-6(9)5-7-1-3-10-4-2-7;1-4(2-3-6)5(7)8/h5,7-10,24,26-27H,3-4,6,11,13-21H2,1-2H3,(H,34,38)(H,35,40);6,8-11,18,21,23H,4-5,7,12,14-17H2,1-3H3,(H,29,32);5,7-10,17-18H,3-4,6,11-13,22H2,1-2H3,(H,23,25);1-5H2,(H,8,9);4H,2H2,1H3,(H,7,8)/t24-,26+,27+,32-;18-,21+,23-,27+;17-,18-,21+;;4-/m100.0/s1. The SMILES string of the molecule is COc1ccc(C[C@H](CC(=O)[C@@H](C)CC#N)C(=O)N[C@@H](CC2=CCCC2)C(=O)[C@@]2(C)CO2)cc1.COc1ccc(C[C@H](CC(=O)[C@H](CC#N)NC(=O)CN2CCOCC2)C(=O)N[C@@H](CC2=CCCC2)C(=O)[C@@]2(C)CO2)cc1.COc1ccc(C[C@H](N)C(=O)N[C@@H](CC2=CCCC2)C(=O)[C@@]2(C)CO2)cc1.C[C@@H](CC#N)C(=O)O.O=C(O)CN1CCOCC1. The van der Waals surface area contributed by atoms with Gasteiger partial charge in [-0.15, -0.1) is 0 Å². The molecule has 5 heterocycles. The molecule has 3 aromatic carbocycles. The highest BCUT2D eigenvalue weighted by Gasteiger charge is 2.53. The largest absolute Gasteiger partial charge is 0.497 e. The van der Waals surface area contributed by atoms with E-state index in [4.69, 9.17) is 64.4 Å². The highest BCUT2D eigenvalue weighted by Crippen LogP contribution is 2.35. The van der Waals surface area contributed by atoms with E-state index in [9.17, 15) is 58.0 Å². The Labute approximate surface area is 715 Å². The number of Topliss-reactive ketones (excluding diaryl/α,β-unsaturated/α-hetero) is 5. The third kappa shape index (κ3) is 33.4. The van der Waals surface area contributed by atoms with Crippen LogP contribution >= 0.6 is 0 Å². The van der Waals surface area contributed by atoms with Gasteiger partial charge in [0.2, 0.25) is 23.6 Å². The summed E-state index contributed by atoms with van der Waals surface area (Å²) in [5.74, 6) is -4.36. The Morgan fingerprint density at radius 2 is 0.795 bits per heavy atom. The van der Waals surface area contributed by atoms with Crippen LogP contribution in [0.4, 0.5) is 0 Å². The van der Waals surface area contributed by atoms with E-state index >= 15 is 0 Å². The number of nitrogens with one attached hydrogen (secondary N) is 4. The number of hydrogen-bond acceptors (Lipinski definition) is 25. The Hall–Kier alpha value is -10.4. The van der Waals surface area contributed by atoms with Gasteiger partial charge in [0, 0.05) is 69.6 Å². The third-order valence-electron chi connectivity index (χ3n) is 22.6. The number of carboxylic acid groups (broad SMARTS) is 2. The minimum absolute atomic E-state index is 0.0120. The van der Waals surface area contributed by atoms with Gasteiger partial charge in [0.25, 0.3) is 0 Å². The van der Waals surface area contributed by atoms with Crippen molar-refractivity contribution in [3.63, 3.8) is 0 Å². The summed E-state index contributed by atoms with van der Waals surface area (Å²) in [7, 11) is 4.75. The number of nitrogens with two attached hydrogens (primary N) is 1. The third-order valence-corrected chi connectivity index (χ3v) is 22.6. The van der Waals surface area contributed by atoms with Crippen LogP contribution in [0.5, 0.6) is 17.2 Å². The number of carbonyl (C=O) groups is 11. The summed E-state index contributed by atoms with van der Waals surface area (Å²) in [4.78, 5) is 142. The van der Waals surface area contributed by atoms with Crippen LogP contribution in [0.15, 0.2) is 108 Å². The van der Waals surface area contributed by atoms with Gasteiger partial charge in [-0.3, -0.25) is 62.5 Å². The maximum Gasteiger partial charge on any atom is 0.317 e. The number of epoxide rings is 3. The number of carboxylic acids is 2. The van der Waals surface area contributed by atoms with Crippen molar-refractivity contribution in [3.05, 3.63) is 124 Å². The summed E-state index contributed by atoms with van der Waals surface area (Å²) in [5, 5.41) is 54.4. The van der Waals surface area contributed by atoms with E-state index in [1.54, 1.807) is 67.2 Å². The Morgan fingerprint density at radius 3 is 1.11 bits per heavy atom. The topological polar surface area (TPSA) is 464 Å². The van der Waals surface area contributed by atoms with Crippen molar-refractivity contribution < 1.29 is 101 Å². The van der Waals surface area contributed by atoms with Crippen LogP contribution in [-0.2, 0) is 95.7 Å². The fourth-order valence-corrected chi connectivity index (χ4v) is 14.4. The lowest BCUT2D eigenvalue weighted by Crippen LogP contribution is -2.51. The van der Waals surface area contributed by atoms with E-state index in [0.29, 0.717) is 103 Å². The fourth-order valence-electron chi connectivity index (χ4n) is 14.4. The number of amides is 4. The Bertz CT molecular complexity index is 4250. The first-order valence-electron chi connectivity index (χ1n) is 42.0. The van der Waals surface area contributed by atoms with E-state index in [1.165, 1.54) is 18.1 Å². The van der Waals surface area contributed by atoms with Crippen LogP contribution < -0.4 is 41.2 Å². The molecule has 31 heteroatoms. The number of benzene rings is 3. The molecule has 0 saturated carbocycles. The molecule has 662 valence electrons. The first kappa shape index (κ1) is 98.7. The molecule has 5 saturated heterocycles. The van der Waals surface area contributed by atoms with Gasteiger partial charge in [-0.25, -0.2) is 0 Å². The number of ether oxygens (including phenoxy) is 8. The van der Waals surface area contributed by atoms with Crippen LogP contribution in [0.2, 0.25) is 0 Å². The molecule has 0 spiro atoms. The van der Waals surface area contributed by atoms with Crippen LogP contribution in [0, 0.1) is 57.7 Å². The second kappa shape index (κ2) is 49.6. The van der Waals surface area contributed by atoms with Crippen molar-refractivity contribution in [1.82, 2.24) is 31.1 Å². The smallest absolute Gasteiger partial charge is 0.317 e. The number of methoxy groups -OCH3 is 3. The van der Waals surface area contributed by atoms with Crippen molar-refractivity contribution in [3.8, 4) is 35.5 Å². The summed E-state index contributed by atoms with van der Waals surface area (Å²) in [6.07, 6.45) is 17.5. The number of ketones is 5. The van der Waals surface area contributed by atoms with E-state index in [2.05, 4.69) is 39.5 Å². The molecule has 5 fully saturated rings. The molecule has 0 bridgehead atoms. The van der Waals surface area contributed by atoms with Crippen molar-refractivity contribution in [2.24, 2.45) is 29.4 Å². The monoisotopic (exact) mass is 1690 g/mol. The predicted octanol–water partition coefficient (Wildman–Crippen LogP) is 7.53. The van der Waals surface area contributed by atoms with Gasteiger partial charge in [-0.2, -0.15) is 15.8 Å². The molecule has 0 aromatic heterocycles. The zero-order valence-corrected chi connectivity index (χ0v) is 71.7. The van der Waals surface area contributed by atoms with E-state index in [0.717, 1.165) is 98.9 Å². The zero-order chi connectivity index (χ0) is 88.9. The summed E-state index contributed by atoms with van der Waals surface area (Å²) >= 11 is 0. The average Bonchev–Trinajstić information content (AvgIpc) is 1.63. The number of aliphatic carboxylic acids is 2. The Morgan fingerprint density at radius 1 is 0.459 bits per heavy atom. The minimum Gasteiger partial charge on any atom is -0.497 e. The van der Waals surface area contributed by atoms with E-state index in [-0.39, 0.29) is 92.5 Å². The lowest BCUT2D eigenvalue weighted by atomic mass is 9.88. The molecule has 3 aliphatic carbocycles. The molecule has 3 aromatic rings. The molecule has 8 N–H and O–H groups in total.